The van der Waals surface area contributed by atoms with Crippen molar-refractivity contribution in [3.05, 3.63) is 52.4 Å². The molecule has 30 heavy (non-hydrogen) atoms. The molecule has 162 valence electrons. The fraction of sp³-hybridized carbons (Fsp3) is 0.455. The predicted molar refractivity (Wildman–Crippen MR) is 103 cm³/mol. The topological polar surface area (TPSA) is 64.6 Å². The second kappa shape index (κ2) is 7.81. The summed E-state index contributed by atoms with van der Waals surface area (Å²) in [7, 11) is 0. The quantitative estimate of drug-likeness (QED) is 0.708. The van der Waals surface area contributed by atoms with Gasteiger partial charge in [0, 0.05) is 29.0 Å². The van der Waals surface area contributed by atoms with Gasteiger partial charge in [-0.25, -0.2) is 4.79 Å². The van der Waals surface area contributed by atoms with Crippen molar-refractivity contribution in [2.75, 3.05) is 6.61 Å². The molecule has 5 nitrogen and oxygen atoms in total. The van der Waals surface area contributed by atoms with Crippen molar-refractivity contribution in [3.63, 3.8) is 0 Å². The van der Waals surface area contributed by atoms with Gasteiger partial charge in [-0.2, -0.15) is 0 Å². The maximum absolute atomic E-state index is 13.1. The van der Waals surface area contributed by atoms with Crippen LogP contribution in [0.1, 0.15) is 52.0 Å². The third-order valence-corrected chi connectivity index (χ3v) is 5.19. The van der Waals surface area contributed by atoms with Gasteiger partial charge in [0.05, 0.1) is 18.1 Å². The van der Waals surface area contributed by atoms with Gasteiger partial charge >= 0.3 is 12.3 Å². The maximum atomic E-state index is 13.1. The predicted octanol–water partition coefficient (Wildman–Crippen LogP) is 4.75. The molecule has 0 fully saturated rings. The molecule has 1 aromatic rings. The van der Waals surface area contributed by atoms with Gasteiger partial charge in [-0.05, 0) is 31.7 Å². The Kier molecular flexibility index (Phi) is 5.71. The first kappa shape index (κ1) is 21.9. The van der Waals surface area contributed by atoms with Crippen LogP contribution >= 0.6 is 0 Å². The Hall–Kier alpha value is -2.77. The lowest BCUT2D eigenvalue weighted by Gasteiger charge is -2.39. The molecule has 1 unspecified atom stereocenters. The van der Waals surface area contributed by atoms with E-state index in [-0.39, 0.29) is 35.4 Å². The van der Waals surface area contributed by atoms with Crippen molar-refractivity contribution < 1.29 is 32.2 Å². The zero-order valence-electron chi connectivity index (χ0n) is 17.3. The highest BCUT2D eigenvalue weighted by molar-refractivity contribution is 6.04. The van der Waals surface area contributed by atoms with Gasteiger partial charge in [-0.1, -0.05) is 32.0 Å². The van der Waals surface area contributed by atoms with Crippen molar-refractivity contribution in [2.24, 2.45) is 5.41 Å². The van der Waals surface area contributed by atoms with Gasteiger partial charge in [-0.15, -0.1) is 13.2 Å². The summed E-state index contributed by atoms with van der Waals surface area (Å²) in [5.41, 5.74) is 1.26. The van der Waals surface area contributed by atoms with E-state index in [0.717, 1.165) is 0 Å². The number of Topliss-reactive ketones (excluding diaryl/α,β-unsaturated/α-hetero) is 1. The normalized spacial score (nSPS) is 21.2. The Bertz CT molecular complexity index is 944. The van der Waals surface area contributed by atoms with Gasteiger partial charge < -0.3 is 14.8 Å². The lowest BCUT2D eigenvalue weighted by atomic mass is 9.68. The van der Waals surface area contributed by atoms with E-state index in [4.69, 9.17) is 4.74 Å². The zero-order valence-corrected chi connectivity index (χ0v) is 17.3. The van der Waals surface area contributed by atoms with Crippen molar-refractivity contribution in [2.45, 2.75) is 52.8 Å². The number of dihydropyridines is 1. The summed E-state index contributed by atoms with van der Waals surface area (Å²) in [6.45, 7) is 7.29. The molecule has 1 aliphatic heterocycles. The molecule has 0 saturated carbocycles. The van der Waals surface area contributed by atoms with E-state index in [0.29, 0.717) is 23.4 Å². The van der Waals surface area contributed by atoms with Crippen LogP contribution in [0.3, 0.4) is 0 Å². The number of hydrogen-bond acceptors (Lipinski definition) is 5. The molecule has 3 rings (SSSR count). The molecule has 1 atom stereocenters. The van der Waals surface area contributed by atoms with E-state index in [2.05, 4.69) is 10.1 Å². The highest BCUT2D eigenvalue weighted by Gasteiger charge is 2.44. The van der Waals surface area contributed by atoms with Crippen LogP contribution in [0.4, 0.5) is 13.2 Å². The summed E-state index contributed by atoms with van der Waals surface area (Å²) < 4.78 is 48.5. The smallest absolute Gasteiger partial charge is 0.463 e. The number of alkyl halides is 3. The Morgan fingerprint density at radius 3 is 2.53 bits per heavy atom. The Morgan fingerprint density at radius 1 is 1.23 bits per heavy atom. The molecule has 0 bridgehead atoms. The summed E-state index contributed by atoms with van der Waals surface area (Å²) in [5.74, 6) is -2.35. The molecule has 2 aliphatic rings. The summed E-state index contributed by atoms with van der Waals surface area (Å²) in [6, 6.07) is 5.59. The molecule has 0 amide bonds. The van der Waals surface area contributed by atoms with E-state index >= 15 is 0 Å². The number of halogens is 3. The first-order valence-corrected chi connectivity index (χ1v) is 9.69. The molecule has 1 aliphatic carbocycles. The Balaban J connectivity index is 2.23. The van der Waals surface area contributed by atoms with Crippen molar-refractivity contribution >= 4 is 11.8 Å². The van der Waals surface area contributed by atoms with Gasteiger partial charge in [0.2, 0.25) is 0 Å². The van der Waals surface area contributed by atoms with Crippen LogP contribution in [0.15, 0.2) is 46.8 Å². The molecule has 1 N–H and O–H groups in total. The summed E-state index contributed by atoms with van der Waals surface area (Å²) in [4.78, 5) is 25.9. The lowest BCUT2D eigenvalue weighted by Crippen LogP contribution is -2.39. The minimum absolute atomic E-state index is 0.0932. The van der Waals surface area contributed by atoms with E-state index in [9.17, 15) is 22.8 Å². The number of carbonyl (C=O) groups excluding carboxylic acids is 2. The fourth-order valence-electron chi connectivity index (χ4n) is 4.16. The first-order valence-electron chi connectivity index (χ1n) is 9.69. The molecule has 0 spiro atoms. The summed E-state index contributed by atoms with van der Waals surface area (Å²) in [5, 5.41) is 3.14. The number of para-hydroxylation sites is 1. The van der Waals surface area contributed by atoms with Gasteiger partial charge in [0.25, 0.3) is 0 Å². The van der Waals surface area contributed by atoms with E-state index in [1.807, 2.05) is 13.8 Å². The van der Waals surface area contributed by atoms with Crippen LogP contribution in [0, 0.1) is 5.41 Å². The van der Waals surface area contributed by atoms with Crippen molar-refractivity contribution in [1.29, 1.82) is 0 Å². The Labute approximate surface area is 172 Å². The zero-order chi connectivity index (χ0) is 22.3. The number of benzene rings is 1. The largest absolute Gasteiger partial charge is 0.573 e. The van der Waals surface area contributed by atoms with Gasteiger partial charge in [-0.3, -0.25) is 4.79 Å². The SMILES string of the molecule is CCOC(=O)C1=C(C)NC2=C(C(=O)CC(C)(C)C2)C1c1ccccc1OC(F)(F)F. The minimum Gasteiger partial charge on any atom is -0.463 e. The van der Waals surface area contributed by atoms with Crippen LogP contribution < -0.4 is 10.1 Å². The molecule has 0 radical (unpaired) electrons. The van der Waals surface area contributed by atoms with E-state index in [1.165, 1.54) is 18.2 Å². The van der Waals surface area contributed by atoms with E-state index < -0.39 is 24.0 Å². The molecule has 1 aromatic carbocycles. The molecule has 8 heteroatoms. The standard InChI is InChI=1S/C22H24F3NO4/c1-5-29-20(28)17-12(2)26-14-10-21(3,4)11-15(27)19(14)18(17)13-8-6-7-9-16(13)30-22(23,24)25/h6-9,18,26H,5,10-11H2,1-4H3. The van der Waals surface area contributed by atoms with Gasteiger partial charge in [0.1, 0.15) is 5.75 Å². The van der Waals surface area contributed by atoms with Crippen molar-refractivity contribution in [1.82, 2.24) is 5.32 Å². The number of carbonyl (C=O) groups is 2. The molecular formula is C22H24F3NO4. The molecule has 0 aromatic heterocycles. The number of esters is 1. The first-order chi connectivity index (χ1) is 13.9. The molecule has 1 heterocycles. The summed E-state index contributed by atoms with van der Waals surface area (Å²) in [6.07, 6.45) is -4.16. The number of ketones is 1. The lowest BCUT2D eigenvalue weighted by molar-refractivity contribution is -0.274. The van der Waals surface area contributed by atoms with E-state index in [1.54, 1.807) is 19.9 Å². The number of allylic oxidation sites excluding steroid dienone is 3. The number of hydrogen-bond donors (Lipinski definition) is 1. The number of rotatable bonds is 4. The molecule has 0 saturated heterocycles. The summed E-state index contributed by atoms with van der Waals surface area (Å²) >= 11 is 0. The van der Waals surface area contributed by atoms with Crippen LogP contribution in [-0.4, -0.2) is 24.7 Å². The molecular weight excluding hydrogens is 399 g/mol. The van der Waals surface area contributed by atoms with Gasteiger partial charge in [0.15, 0.2) is 5.78 Å². The highest BCUT2D eigenvalue weighted by atomic mass is 19.4. The highest BCUT2D eigenvalue weighted by Crippen LogP contribution is 2.49. The maximum Gasteiger partial charge on any atom is 0.573 e. The number of nitrogens with one attached hydrogen (secondary N) is 1. The average molecular weight is 423 g/mol. The third kappa shape index (κ3) is 4.37. The fourth-order valence-corrected chi connectivity index (χ4v) is 4.16. The second-order valence-electron chi connectivity index (χ2n) is 8.24. The van der Waals surface area contributed by atoms with Crippen molar-refractivity contribution in [3.8, 4) is 5.75 Å². The van der Waals surface area contributed by atoms with Crippen LogP contribution in [0.25, 0.3) is 0 Å². The van der Waals surface area contributed by atoms with Crippen LogP contribution in [-0.2, 0) is 14.3 Å². The van der Waals surface area contributed by atoms with Crippen LogP contribution in [0.5, 0.6) is 5.75 Å². The number of ether oxygens (including phenoxy) is 2. The third-order valence-electron chi connectivity index (χ3n) is 5.19. The second-order valence-corrected chi connectivity index (χ2v) is 8.24. The Morgan fingerprint density at radius 2 is 1.90 bits per heavy atom. The van der Waals surface area contributed by atoms with Crippen LogP contribution in [0.2, 0.25) is 0 Å². The average Bonchev–Trinajstić information content (AvgIpc) is 2.58. The monoisotopic (exact) mass is 423 g/mol. The minimum atomic E-state index is -4.92.